The molecule has 1 aromatic rings. The zero-order valence-electron chi connectivity index (χ0n) is 10.6. The first-order chi connectivity index (χ1) is 8.18. The monoisotopic (exact) mass is 239 g/mol. The van der Waals surface area contributed by atoms with Crippen LogP contribution in [0.3, 0.4) is 0 Å². The highest BCUT2D eigenvalue weighted by Gasteiger charge is 2.32. The van der Waals surface area contributed by atoms with Crippen molar-refractivity contribution >= 4 is 5.95 Å². The molecule has 1 fully saturated rings. The third-order valence-corrected chi connectivity index (χ3v) is 3.23. The molecule has 6 heteroatoms. The summed E-state index contributed by atoms with van der Waals surface area (Å²) >= 11 is 0. The van der Waals surface area contributed by atoms with Crippen LogP contribution in [0, 0.1) is 0 Å². The van der Waals surface area contributed by atoms with Gasteiger partial charge in [0, 0.05) is 0 Å². The molecule has 0 amide bonds. The van der Waals surface area contributed by atoms with E-state index in [1.165, 1.54) is 19.3 Å². The summed E-state index contributed by atoms with van der Waals surface area (Å²) in [6.45, 7) is 2.10. The number of ether oxygens (including phenoxy) is 2. The lowest BCUT2D eigenvalue weighted by atomic mass is 10.1. The molecule has 0 N–H and O–H groups in total. The van der Waals surface area contributed by atoms with Crippen LogP contribution in [0.25, 0.3) is 0 Å². The molecule has 0 spiro atoms. The predicted octanol–water partition coefficient (Wildman–Crippen LogP) is 1.01. The summed E-state index contributed by atoms with van der Waals surface area (Å²) in [7, 11) is 5.25. The first-order valence-electron chi connectivity index (χ1n) is 5.87. The van der Waals surface area contributed by atoms with E-state index in [9.17, 15) is 0 Å². The van der Waals surface area contributed by atoms with E-state index in [-0.39, 0.29) is 0 Å². The third-order valence-electron chi connectivity index (χ3n) is 3.23. The fourth-order valence-corrected chi connectivity index (χ4v) is 2.16. The number of likely N-dealkylation sites (tertiary alicyclic amines) is 1. The van der Waals surface area contributed by atoms with Crippen LogP contribution in [0.5, 0.6) is 12.0 Å². The van der Waals surface area contributed by atoms with Gasteiger partial charge in [0.1, 0.15) is 0 Å². The van der Waals surface area contributed by atoms with Crippen LogP contribution in [0.15, 0.2) is 0 Å². The zero-order valence-corrected chi connectivity index (χ0v) is 10.6. The van der Waals surface area contributed by atoms with E-state index in [0.717, 1.165) is 23.5 Å². The Morgan fingerprint density at radius 1 is 0.882 bits per heavy atom. The van der Waals surface area contributed by atoms with Crippen molar-refractivity contribution in [3.8, 4) is 12.0 Å². The number of hydrogen-bond donors (Lipinski definition) is 0. The highest BCUT2D eigenvalue weighted by molar-refractivity contribution is 5.27. The van der Waals surface area contributed by atoms with Gasteiger partial charge >= 0.3 is 18.0 Å². The van der Waals surface area contributed by atoms with Crippen LogP contribution in [0.2, 0.25) is 0 Å². The van der Waals surface area contributed by atoms with E-state index in [1.54, 1.807) is 14.2 Å². The molecule has 0 bridgehead atoms. The van der Waals surface area contributed by atoms with Gasteiger partial charge in [-0.25, -0.2) is 0 Å². The maximum atomic E-state index is 5.08. The zero-order chi connectivity index (χ0) is 12.3. The van der Waals surface area contributed by atoms with E-state index in [2.05, 4.69) is 22.0 Å². The largest absolute Gasteiger partial charge is 0.466 e. The molecule has 6 nitrogen and oxygen atoms in total. The minimum absolute atomic E-state index is 0.316. The lowest BCUT2D eigenvalue weighted by Gasteiger charge is -2.34. The number of methoxy groups -OCH3 is 2. The maximum Gasteiger partial charge on any atom is 0.338 e. The summed E-state index contributed by atoms with van der Waals surface area (Å²) in [5.74, 6) is 0.730. The lowest BCUT2D eigenvalue weighted by molar-refractivity contribution is 0.250. The van der Waals surface area contributed by atoms with Gasteiger partial charge in [-0.15, -0.1) is 15.0 Å². The standard InChI is InChI=1S/C11H19N4O2/c1-15(7-5-4-6-8-15)9-12-10(16-2)14-11(13-9)17-3/h4-8H2,1-3H3/q+1. The molecule has 0 aliphatic carbocycles. The Morgan fingerprint density at radius 3 is 1.88 bits per heavy atom. The molecule has 2 heterocycles. The highest BCUT2D eigenvalue weighted by Crippen LogP contribution is 2.25. The van der Waals surface area contributed by atoms with E-state index < -0.39 is 0 Å². The van der Waals surface area contributed by atoms with Crippen LogP contribution >= 0.6 is 0 Å². The summed E-state index contributed by atoms with van der Waals surface area (Å²) in [5.41, 5.74) is 0. The van der Waals surface area contributed by atoms with Crippen molar-refractivity contribution < 1.29 is 9.47 Å². The average molecular weight is 239 g/mol. The Balaban J connectivity index is 2.35. The van der Waals surface area contributed by atoms with Crippen molar-refractivity contribution in [2.24, 2.45) is 0 Å². The fourth-order valence-electron chi connectivity index (χ4n) is 2.16. The van der Waals surface area contributed by atoms with Gasteiger partial charge in [0.2, 0.25) is 0 Å². The molecule has 1 saturated heterocycles. The Kier molecular flexibility index (Phi) is 3.42. The second-order valence-corrected chi connectivity index (χ2v) is 4.51. The van der Waals surface area contributed by atoms with Crippen LogP contribution in [0.1, 0.15) is 19.3 Å². The van der Waals surface area contributed by atoms with E-state index in [0.29, 0.717) is 12.0 Å². The van der Waals surface area contributed by atoms with Crippen molar-refractivity contribution in [3.63, 3.8) is 0 Å². The third kappa shape index (κ3) is 2.46. The van der Waals surface area contributed by atoms with Gasteiger partial charge in [-0.2, -0.15) is 0 Å². The summed E-state index contributed by atoms with van der Waals surface area (Å²) in [6.07, 6.45) is 3.69. The predicted molar refractivity (Wildman–Crippen MR) is 64.2 cm³/mol. The number of nitrogens with zero attached hydrogens (tertiary/aromatic N) is 4. The molecule has 0 atom stereocenters. The molecular weight excluding hydrogens is 220 g/mol. The minimum atomic E-state index is 0.316. The van der Waals surface area contributed by atoms with Gasteiger partial charge < -0.3 is 9.47 Å². The molecule has 0 saturated carbocycles. The van der Waals surface area contributed by atoms with Gasteiger partial charge in [0.15, 0.2) is 0 Å². The topological polar surface area (TPSA) is 57.1 Å². The fraction of sp³-hybridized carbons (Fsp3) is 0.727. The van der Waals surface area contributed by atoms with Crippen LogP contribution in [0.4, 0.5) is 5.95 Å². The second-order valence-electron chi connectivity index (χ2n) is 4.51. The number of quaternary nitrogens is 1. The first kappa shape index (κ1) is 12.0. The molecule has 0 aromatic carbocycles. The molecular formula is C11H19N4O2+. The van der Waals surface area contributed by atoms with Gasteiger partial charge in [-0.05, 0) is 19.3 Å². The van der Waals surface area contributed by atoms with Crippen molar-refractivity contribution in [2.75, 3.05) is 34.4 Å². The summed E-state index contributed by atoms with van der Waals surface area (Å²) in [6, 6.07) is 0.633. The Bertz CT molecular complexity index is 369. The van der Waals surface area contributed by atoms with Crippen molar-refractivity contribution in [1.29, 1.82) is 0 Å². The molecule has 1 aromatic heterocycles. The molecule has 94 valence electrons. The molecule has 0 unspecified atom stereocenters. The van der Waals surface area contributed by atoms with Gasteiger partial charge in [0.25, 0.3) is 0 Å². The SMILES string of the molecule is COc1nc(OC)nc([N+]2(C)CCCCC2)n1. The lowest BCUT2D eigenvalue weighted by Crippen LogP contribution is -2.50. The summed E-state index contributed by atoms with van der Waals surface area (Å²) < 4.78 is 10.9. The van der Waals surface area contributed by atoms with Crippen LogP contribution < -0.4 is 14.0 Å². The molecule has 2 rings (SSSR count). The Labute approximate surface area is 101 Å². The minimum Gasteiger partial charge on any atom is -0.466 e. The number of rotatable bonds is 3. The average Bonchev–Trinajstić information content (AvgIpc) is 2.39. The van der Waals surface area contributed by atoms with Gasteiger partial charge in [0.05, 0.1) is 34.4 Å². The van der Waals surface area contributed by atoms with Crippen molar-refractivity contribution in [3.05, 3.63) is 0 Å². The second kappa shape index (κ2) is 4.83. The van der Waals surface area contributed by atoms with E-state index in [4.69, 9.17) is 9.47 Å². The smallest absolute Gasteiger partial charge is 0.338 e. The van der Waals surface area contributed by atoms with Gasteiger partial charge in [-0.1, -0.05) is 0 Å². The molecule has 1 aliphatic heterocycles. The first-order valence-corrected chi connectivity index (χ1v) is 5.87. The molecule has 0 radical (unpaired) electrons. The van der Waals surface area contributed by atoms with Crippen LogP contribution in [-0.2, 0) is 0 Å². The quantitative estimate of drug-likeness (QED) is 0.737. The van der Waals surface area contributed by atoms with E-state index >= 15 is 0 Å². The van der Waals surface area contributed by atoms with Crippen LogP contribution in [-0.4, -0.2) is 49.3 Å². The summed E-state index contributed by atoms with van der Waals surface area (Å²) in [5, 5.41) is 0. The molecule has 1 aliphatic rings. The Hall–Kier alpha value is -1.43. The highest BCUT2D eigenvalue weighted by atomic mass is 16.5. The normalized spacial score (nSPS) is 18.8. The molecule has 17 heavy (non-hydrogen) atoms. The van der Waals surface area contributed by atoms with Crippen molar-refractivity contribution in [1.82, 2.24) is 19.4 Å². The van der Waals surface area contributed by atoms with Crippen molar-refractivity contribution in [2.45, 2.75) is 19.3 Å². The number of piperidine rings is 1. The maximum absolute atomic E-state index is 5.08. The number of aromatic nitrogens is 3. The van der Waals surface area contributed by atoms with E-state index in [1.807, 2.05) is 0 Å². The Morgan fingerprint density at radius 2 is 1.41 bits per heavy atom. The summed E-state index contributed by atoms with van der Waals surface area (Å²) in [4.78, 5) is 12.7. The van der Waals surface area contributed by atoms with Gasteiger partial charge in [-0.3, -0.25) is 4.48 Å². The number of hydrogen-bond acceptors (Lipinski definition) is 5.